The number of hydrogen-bond donors (Lipinski definition) is 0. The van der Waals surface area contributed by atoms with Gasteiger partial charge in [0, 0.05) is 0 Å². The van der Waals surface area contributed by atoms with Crippen LogP contribution < -0.4 is 4.74 Å². The molecular formula is C12H15O4. The standard InChI is InChI=1S/C12H15O4/c1-9(2)8-15-16-12(13)10-5-4-6-11(7-10)14-3/h4-9H,1-3H3. The first-order valence-corrected chi connectivity index (χ1v) is 4.98. The SMILES string of the molecule is COc1cccc(C(=O)OO[CH]C(C)C)c1. The molecule has 0 fully saturated rings. The summed E-state index contributed by atoms with van der Waals surface area (Å²) in [6.45, 7) is 5.27. The Labute approximate surface area is 95.1 Å². The van der Waals surface area contributed by atoms with Crippen LogP contribution in [-0.2, 0) is 9.78 Å². The third-order valence-electron chi connectivity index (χ3n) is 1.76. The van der Waals surface area contributed by atoms with Crippen molar-refractivity contribution in [2.45, 2.75) is 13.8 Å². The van der Waals surface area contributed by atoms with Crippen molar-refractivity contribution in [3.05, 3.63) is 36.4 Å². The van der Waals surface area contributed by atoms with Gasteiger partial charge >= 0.3 is 5.97 Å². The Morgan fingerprint density at radius 2 is 2.12 bits per heavy atom. The zero-order valence-corrected chi connectivity index (χ0v) is 9.60. The van der Waals surface area contributed by atoms with Crippen LogP contribution in [0.2, 0.25) is 0 Å². The second-order valence-corrected chi connectivity index (χ2v) is 3.58. The molecule has 1 aromatic rings. The zero-order chi connectivity index (χ0) is 12.0. The Kier molecular flexibility index (Phi) is 4.79. The van der Waals surface area contributed by atoms with Gasteiger partial charge in [-0.2, -0.15) is 4.89 Å². The third-order valence-corrected chi connectivity index (χ3v) is 1.76. The molecule has 0 aliphatic carbocycles. The van der Waals surface area contributed by atoms with Crippen LogP contribution in [0.25, 0.3) is 0 Å². The minimum absolute atomic E-state index is 0.193. The van der Waals surface area contributed by atoms with Crippen LogP contribution >= 0.6 is 0 Å². The minimum atomic E-state index is -0.546. The number of rotatable bonds is 5. The molecule has 0 N–H and O–H groups in total. The van der Waals surface area contributed by atoms with Gasteiger partial charge < -0.3 is 4.74 Å². The second-order valence-electron chi connectivity index (χ2n) is 3.58. The van der Waals surface area contributed by atoms with E-state index in [1.54, 1.807) is 24.3 Å². The lowest BCUT2D eigenvalue weighted by Crippen LogP contribution is -2.06. The topological polar surface area (TPSA) is 44.8 Å². The molecule has 0 aromatic heterocycles. The summed E-state index contributed by atoms with van der Waals surface area (Å²) in [4.78, 5) is 20.7. The summed E-state index contributed by atoms with van der Waals surface area (Å²) in [6.07, 6.45) is 0. The number of carbonyl (C=O) groups is 1. The summed E-state index contributed by atoms with van der Waals surface area (Å²) >= 11 is 0. The van der Waals surface area contributed by atoms with E-state index in [1.165, 1.54) is 13.7 Å². The van der Waals surface area contributed by atoms with Gasteiger partial charge in [0.2, 0.25) is 0 Å². The number of hydrogen-bond acceptors (Lipinski definition) is 4. The number of carbonyl (C=O) groups excluding carboxylic acids is 1. The van der Waals surface area contributed by atoms with Crippen LogP contribution in [0.15, 0.2) is 24.3 Å². The van der Waals surface area contributed by atoms with Crippen LogP contribution in [0.4, 0.5) is 0 Å². The van der Waals surface area contributed by atoms with E-state index < -0.39 is 5.97 Å². The van der Waals surface area contributed by atoms with Crippen LogP contribution in [0.5, 0.6) is 5.75 Å². The first kappa shape index (κ1) is 12.5. The van der Waals surface area contributed by atoms with Crippen LogP contribution in [0, 0.1) is 12.5 Å². The molecule has 0 spiro atoms. The fourth-order valence-electron chi connectivity index (χ4n) is 0.981. The van der Waals surface area contributed by atoms with Crippen molar-refractivity contribution in [2.24, 2.45) is 5.92 Å². The molecule has 0 saturated heterocycles. The van der Waals surface area contributed by atoms with E-state index >= 15 is 0 Å². The van der Waals surface area contributed by atoms with E-state index in [0.717, 1.165) is 0 Å². The average molecular weight is 223 g/mol. The zero-order valence-electron chi connectivity index (χ0n) is 9.60. The van der Waals surface area contributed by atoms with E-state index in [9.17, 15) is 4.79 Å². The summed E-state index contributed by atoms with van der Waals surface area (Å²) in [7, 11) is 1.54. The maximum Gasteiger partial charge on any atom is 0.373 e. The summed E-state index contributed by atoms with van der Waals surface area (Å²) in [5, 5.41) is 0. The Balaban J connectivity index is 2.52. The molecular weight excluding hydrogens is 208 g/mol. The lowest BCUT2D eigenvalue weighted by atomic mass is 10.2. The lowest BCUT2D eigenvalue weighted by Gasteiger charge is -2.05. The number of ether oxygens (including phenoxy) is 1. The minimum Gasteiger partial charge on any atom is -0.497 e. The summed E-state index contributed by atoms with van der Waals surface area (Å²) < 4.78 is 4.99. The predicted molar refractivity (Wildman–Crippen MR) is 58.6 cm³/mol. The van der Waals surface area contributed by atoms with Crippen LogP contribution in [0.3, 0.4) is 0 Å². The van der Waals surface area contributed by atoms with E-state index in [2.05, 4.69) is 9.78 Å². The average Bonchev–Trinajstić information content (AvgIpc) is 2.28. The van der Waals surface area contributed by atoms with E-state index in [4.69, 9.17) is 4.74 Å². The Morgan fingerprint density at radius 3 is 2.75 bits per heavy atom. The van der Waals surface area contributed by atoms with Crippen molar-refractivity contribution in [1.29, 1.82) is 0 Å². The first-order chi connectivity index (χ1) is 7.63. The van der Waals surface area contributed by atoms with Crippen molar-refractivity contribution >= 4 is 5.97 Å². The normalized spacial score (nSPS) is 10.2. The van der Waals surface area contributed by atoms with E-state index in [0.29, 0.717) is 11.3 Å². The fourth-order valence-corrected chi connectivity index (χ4v) is 0.981. The van der Waals surface area contributed by atoms with Gasteiger partial charge in [-0.05, 0) is 24.1 Å². The largest absolute Gasteiger partial charge is 0.497 e. The summed E-state index contributed by atoms with van der Waals surface area (Å²) in [6, 6.07) is 6.67. The number of methoxy groups -OCH3 is 1. The van der Waals surface area contributed by atoms with Gasteiger partial charge in [0.15, 0.2) is 0 Å². The molecule has 1 rings (SSSR count). The highest BCUT2D eigenvalue weighted by atomic mass is 17.2. The maximum atomic E-state index is 11.5. The predicted octanol–water partition coefficient (Wildman–Crippen LogP) is 2.60. The van der Waals surface area contributed by atoms with E-state index in [-0.39, 0.29) is 5.92 Å². The smallest absolute Gasteiger partial charge is 0.373 e. The highest BCUT2D eigenvalue weighted by Crippen LogP contribution is 2.13. The molecule has 0 saturated carbocycles. The van der Waals surface area contributed by atoms with Crippen molar-refractivity contribution in [1.82, 2.24) is 0 Å². The molecule has 4 heteroatoms. The number of benzene rings is 1. The van der Waals surface area contributed by atoms with Gasteiger partial charge in [-0.15, -0.1) is 0 Å². The highest BCUT2D eigenvalue weighted by molar-refractivity contribution is 5.89. The molecule has 4 nitrogen and oxygen atoms in total. The molecule has 0 atom stereocenters. The van der Waals surface area contributed by atoms with Gasteiger partial charge in [-0.25, -0.2) is 4.79 Å². The van der Waals surface area contributed by atoms with E-state index in [1.807, 2.05) is 13.8 Å². The van der Waals surface area contributed by atoms with Gasteiger partial charge in [0.25, 0.3) is 0 Å². The summed E-state index contributed by atoms with van der Waals surface area (Å²) in [5.74, 6) is 0.246. The lowest BCUT2D eigenvalue weighted by molar-refractivity contribution is -0.217. The molecule has 1 radical (unpaired) electrons. The van der Waals surface area contributed by atoms with Gasteiger partial charge in [-0.3, -0.25) is 4.89 Å². The Morgan fingerprint density at radius 1 is 1.38 bits per heavy atom. The van der Waals surface area contributed by atoms with Crippen molar-refractivity contribution in [2.75, 3.05) is 7.11 Å². The Bertz CT molecular complexity index is 347. The Hall–Kier alpha value is -1.55. The second kappa shape index (κ2) is 6.12. The third kappa shape index (κ3) is 3.90. The molecule has 0 heterocycles. The van der Waals surface area contributed by atoms with Crippen LogP contribution in [-0.4, -0.2) is 13.1 Å². The molecule has 0 aliphatic heterocycles. The van der Waals surface area contributed by atoms with Crippen molar-refractivity contribution in [3.63, 3.8) is 0 Å². The van der Waals surface area contributed by atoms with Gasteiger partial charge in [-0.1, -0.05) is 19.9 Å². The monoisotopic (exact) mass is 223 g/mol. The molecule has 0 unspecified atom stereocenters. The fraction of sp³-hybridized carbons (Fsp3) is 0.333. The maximum absolute atomic E-state index is 11.5. The van der Waals surface area contributed by atoms with Gasteiger partial charge in [0.05, 0.1) is 12.7 Å². The molecule has 0 bridgehead atoms. The highest BCUT2D eigenvalue weighted by Gasteiger charge is 2.09. The van der Waals surface area contributed by atoms with Gasteiger partial charge in [0.1, 0.15) is 12.4 Å². The molecule has 0 amide bonds. The molecule has 0 aliphatic rings. The molecule has 16 heavy (non-hydrogen) atoms. The quantitative estimate of drug-likeness (QED) is 0.568. The van der Waals surface area contributed by atoms with Crippen molar-refractivity contribution in [3.8, 4) is 5.75 Å². The molecule has 87 valence electrons. The van der Waals surface area contributed by atoms with Crippen LogP contribution in [0.1, 0.15) is 24.2 Å². The summed E-state index contributed by atoms with van der Waals surface area (Å²) in [5.41, 5.74) is 0.386. The molecule has 1 aromatic carbocycles. The first-order valence-electron chi connectivity index (χ1n) is 4.98. The van der Waals surface area contributed by atoms with Crippen molar-refractivity contribution < 1.29 is 19.3 Å².